The van der Waals surface area contributed by atoms with Crippen molar-refractivity contribution in [3.05, 3.63) is 29.8 Å². The normalized spacial score (nSPS) is 25.2. The van der Waals surface area contributed by atoms with Crippen molar-refractivity contribution in [2.75, 3.05) is 11.9 Å². The maximum atomic E-state index is 12.6. The maximum absolute atomic E-state index is 12.6. The lowest BCUT2D eigenvalue weighted by Gasteiger charge is -2.56. The number of piperidine rings is 1. The molecule has 1 aromatic rings. The van der Waals surface area contributed by atoms with Gasteiger partial charge in [0.15, 0.2) is 11.4 Å². The van der Waals surface area contributed by atoms with E-state index in [0.29, 0.717) is 18.5 Å². The second-order valence-electron chi connectivity index (χ2n) is 8.42. The highest BCUT2D eigenvalue weighted by Gasteiger charge is 2.60. The van der Waals surface area contributed by atoms with Gasteiger partial charge in [-0.25, -0.2) is 9.69 Å². The number of rotatable bonds is 1. The minimum Gasteiger partial charge on any atom is -0.434 e. The Morgan fingerprint density at radius 1 is 1.04 bits per heavy atom. The highest BCUT2D eigenvalue weighted by atomic mass is 16.6. The molecule has 0 saturated carbocycles. The molecule has 0 aliphatic carbocycles. The lowest BCUT2D eigenvalue weighted by molar-refractivity contribution is -0.0864. The predicted octanol–water partition coefficient (Wildman–Crippen LogP) is 3.95. The molecule has 1 amide bonds. The summed E-state index contributed by atoms with van der Waals surface area (Å²) in [5.41, 5.74) is 0.618. The van der Waals surface area contributed by atoms with Gasteiger partial charge in [-0.15, -0.1) is 0 Å². The van der Waals surface area contributed by atoms with Gasteiger partial charge in [0.05, 0.1) is 5.69 Å². The van der Waals surface area contributed by atoms with Gasteiger partial charge in [-0.3, -0.25) is 10.3 Å². The lowest BCUT2D eigenvalue weighted by Crippen LogP contribution is -2.65. The first-order valence-corrected chi connectivity index (χ1v) is 8.41. The number of amidine groups is 1. The molecule has 1 spiro atoms. The molecule has 2 fully saturated rings. The van der Waals surface area contributed by atoms with Gasteiger partial charge in [0.2, 0.25) is 0 Å². The summed E-state index contributed by atoms with van der Waals surface area (Å²) in [6, 6.07) is 7.64. The van der Waals surface area contributed by atoms with E-state index >= 15 is 0 Å². The molecule has 2 heterocycles. The SMILES string of the molecule is Cc1ccc(N2C(=N)C3(CC(C)(C)N(C)C(C)(C)C3)OC2=O)cc1. The maximum Gasteiger partial charge on any atom is 0.421 e. The zero-order chi connectivity index (χ0) is 17.9. The molecule has 2 saturated heterocycles. The number of anilines is 1. The number of ether oxygens (including phenoxy) is 1. The molecule has 3 rings (SSSR count). The molecular weight excluding hydrogens is 302 g/mol. The number of carbonyl (C=O) groups excluding carboxylic acids is 1. The van der Waals surface area contributed by atoms with Crippen molar-refractivity contribution < 1.29 is 9.53 Å². The fourth-order valence-electron chi connectivity index (χ4n) is 4.24. The topological polar surface area (TPSA) is 56.6 Å². The summed E-state index contributed by atoms with van der Waals surface area (Å²) >= 11 is 0. The van der Waals surface area contributed by atoms with Crippen LogP contribution in [0.4, 0.5) is 10.5 Å². The predicted molar refractivity (Wildman–Crippen MR) is 95.8 cm³/mol. The fourth-order valence-corrected chi connectivity index (χ4v) is 4.24. The number of benzene rings is 1. The Morgan fingerprint density at radius 2 is 1.54 bits per heavy atom. The van der Waals surface area contributed by atoms with Gasteiger partial charge in [-0.05, 0) is 53.8 Å². The third kappa shape index (κ3) is 2.42. The van der Waals surface area contributed by atoms with Gasteiger partial charge < -0.3 is 4.74 Å². The summed E-state index contributed by atoms with van der Waals surface area (Å²) in [6.45, 7) is 10.6. The second-order valence-corrected chi connectivity index (χ2v) is 8.42. The van der Waals surface area contributed by atoms with E-state index < -0.39 is 11.7 Å². The van der Waals surface area contributed by atoms with E-state index in [1.165, 1.54) is 4.90 Å². The molecule has 1 N–H and O–H groups in total. The molecule has 5 heteroatoms. The summed E-state index contributed by atoms with van der Waals surface area (Å²) in [7, 11) is 2.10. The standard InChI is InChI=1S/C19H27N3O2/c1-13-7-9-14(10-8-13)22-15(20)19(24-16(22)23)11-17(2,3)21(6)18(4,5)12-19/h7-10,20H,11-12H2,1-6H3. The van der Waals surface area contributed by atoms with Gasteiger partial charge in [-0.1, -0.05) is 17.7 Å². The number of aryl methyl sites for hydroxylation is 1. The summed E-state index contributed by atoms with van der Waals surface area (Å²) in [6.07, 6.45) is 0.791. The number of hydrogen-bond acceptors (Lipinski definition) is 4. The van der Waals surface area contributed by atoms with Gasteiger partial charge in [0.25, 0.3) is 0 Å². The van der Waals surface area contributed by atoms with E-state index in [2.05, 4.69) is 39.6 Å². The van der Waals surface area contributed by atoms with E-state index in [-0.39, 0.29) is 16.9 Å². The van der Waals surface area contributed by atoms with E-state index in [1.807, 2.05) is 31.2 Å². The van der Waals surface area contributed by atoms with Crippen LogP contribution in [0.1, 0.15) is 46.1 Å². The summed E-state index contributed by atoms with van der Waals surface area (Å²) in [4.78, 5) is 16.3. The van der Waals surface area contributed by atoms with Crippen LogP contribution in [-0.2, 0) is 4.74 Å². The molecule has 0 radical (unpaired) electrons. The van der Waals surface area contributed by atoms with Crippen LogP contribution in [0.25, 0.3) is 0 Å². The summed E-state index contributed by atoms with van der Waals surface area (Å²) < 4.78 is 5.85. The van der Waals surface area contributed by atoms with Crippen LogP contribution in [0.15, 0.2) is 24.3 Å². The Kier molecular flexibility index (Phi) is 3.57. The van der Waals surface area contributed by atoms with Crippen molar-refractivity contribution in [2.24, 2.45) is 0 Å². The summed E-state index contributed by atoms with van der Waals surface area (Å²) in [5.74, 6) is 0.255. The Labute approximate surface area is 144 Å². The fraction of sp³-hybridized carbons (Fsp3) is 0.579. The van der Waals surface area contributed by atoms with E-state index in [4.69, 9.17) is 10.1 Å². The highest BCUT2D eigenvalue weighted by molar-refractivity contribution is 6.21. The Balaban J connectivity index is 2.00. The number of carbonyl (C=O) groups is 1. The lowest BCUT2D eigenvalue weighted by atomic mass is 9.70. The minimum absolute atomic E-state index is 0.169. The van der Waals surface area contributed by atoms with E-state index in [9.17, 15) is 4.79 Å². The third-order valence-electron chi connectivity index (χ3n) is 5.66. The van der Waals surface area contributed by atoms with Crippen molar-refractivity contribution in [2.45, 2.75) is 64.1 Å². The first-order chi connectivity index (χ1) is 11.0. The van der Waals surface area contributed by atoms with Gasteiger partial charge in [-0.2, -0.15) is 0 Å². The Bertz CT molecular complexity index is 673. The molecule has 1 aromatic carbocycles. The quantitative estimate of drug-likeness (QED) is 0.849. The molecule has 0 bridgehead atoms. The average Bonchev–Trinajstić information content (AvgIpc) is 2.67. The van der Waals surface area contributed by atoms with E-state index in [1.54, 1.807) is 0 Å². The molecule has 5 nitrogen and oxygen atoms in total. The first-order valence-electron chi connectivity index (χ1n) is 8.41. The third-order valence-corrected chi connectivity index (χ3v) is 5.66. The highest BCUT2D eigenvalue weighted by Crippen LogP contribution is 2.48. The number of hydrogen-bond donors (Lipinski definition) is 1. The van der Waals surface area contributed by atoms with Crippen LogP contribution in [0.2, 0.25) is 0 Å². The number of nitrogens with zero attached hydrogens (tertiary/aromatic N) is 2. The molecule has 2 aliphatic rings. The van der Waals surface area contributed by atoms with Gasteiger partial charge in [0, 0.05) is 23.9 Å². The van der Waals surface area contributed by atoms with Crippen molar-refractivity contribution in [3.8, 4) is 0 Å². The monoisotopic (exact) mass is 329 g/mol. The van der Waals surface area contributed by atoms with Crippen molar-refractivity contribution >= 4 is 17.6 Å². The van der Waals surface area contributed by atoms with Crippen molar-refractivity contribution in [1.29, 1.82) is 5.41 Å². The molecular formula is C19H27N3O2. The summed E-state index contributed by atoms with van der Waals surface area (Å²) in [5, 5.41) is 8.75. The number of likely N-dealkylation sites (tertiary alicyclic amines) is 1. The molecule has 24 heavy (non-hydrogen) atoms. The molecule has 0 unspecified atom stereocenters. The van der Waals surface area contributed by atoms with Crippen LogP contribution in [0, 0.1) is 12.3 Å². The van der Waals surface area contributed by atoms with Crippen LogP contribution in [0.5, 0.6) is 0 Å². The first kappa shape index (κ1) is 17.0. The van der Waals surface area contributed by atoms with Crippen molar-refractivity contribution in [1.82, 2.24) is 4.90 Å². The number of nitrogens with one attached hydrogen (secondary N) is 1. The largest absolute Gasteiger partial charge is 0.434 e. The van der Waals surface area contributed by atoms with Crippen molar-refractivity contribution in [3.63, 3.8) is 0 Å². The molecule has 130 valence electrons. The Morgan fingerprint density at radius 3 is 2.04 bits per heavy atom. The Hall–Kier alpha value is -1.88. The van der Waals surface area contributed by atoms with Crippen LogP contribution in [0.3, 0.4) is 0 Å². The molecule has 2 aliphatic heterocycles. The smallest absolute Gasteiger partial charge is 0.421 e. The molecule has 0 aromatic heterocycles. The molecule has 0 atom stereocenters. The van der Waals surface area contributed by atoms with E-state index in [0.717, 1.165) is 5.56 Å². The second kappa shape index (κ2) is 5.06. The number of amides is 1. The van der Waals surface area contributed by atoms with Crippen LogP contribution < -0.4 is 4.90 Å². The van der Waals surface area contributed by atoms with Gasteiger partial charge >= 0.3 is 6.09 Å². The average molecular weight is 329 g/mol. The van der Waals surface area contributed by atoms with Crippen LogP contribution >= 0.6 is 0 Å². The van der Waals surface area contributed by atoms with Crippen LogP contribution in [-0.4, -0.2) is 40.6 Å². The minimum atomic E-state index is -0.860. The zero-order valence-corrected chi connectivity index (χ0v) is 15.4. The van der Waals surface area contributed by atoms with Gasteiger partial charge in [0.1, 0.15) is 0 Å². The zero-order valence-electron chi connectivity index (χ0n) is 15.4.